The van der Waals surface area contributed by atoms with Gasteiger partial charge in [0.05, 0.1) is 17.1 Å². The molecule has 0 bridgehead atoms. The molecule has 11 heteroatoms. The van der Waals surface area contributed by atoms with Crippen LogP contribution in [0.1, 0.15) is 11.7 Å². The van der Waals surface area contributed by atoms with E-state index in [0.29, 0.717) is 33.9 Å². The van der Waals surface area contributed by atoms with E-state index >= 15 is 0 Å². The van der Waals surface area contributed by atoms with Crippen molar-refractivity contribution in [3.8, 4) is 5.75 Å². The molecule has 1 amide bonds. The lowest BCUT2D eigenvalue weighted by atomic mass is 10.2. The number of amides is 1. The van der Waals surface area contributed by atoms with E-state index in [1.807, 2.05) is 0 Å². The predicted octanol–water partition coefficient (Wildman–Crippen LogP) is 2.76. The van der Waals surface area contributed by atoms with Gasteiger partial charge in [-0.1, -0.05) is 16.8 Å². The summed E-state index contributed by atoms with van der Waals surface area (Å²) < 4.78 is 38.4. The molecule has 1 aliphatic heterocycles. The highest BCUT2D eigenvalue weighted by Gasteiger charge is 2.29. The van der Waals surface area contributed by atoms with Crippen LogP contribution in [0, 0.1) is 6.92 Å². The first kappa shape index (κ1) is 19.2. The lowest BCUT2D eigenvalue weighted by Gasteiger charge is -2.28. The van der Waals surface area contributed by atoms with Crippen LogP contribution in [0.3, 0.4) is 0 Å². The quantitative estimate of drug-likeness (QED) is 0.656. The number of carbonyl (C=O) groups is 1. The Bertz CT molecular complexity index is 1180. The molecule has 150 valence electrons. The molecular formula is C18H15ClN4O5S. The number of nitrogens with one attached hydrogen (secondary N) is 1. The number of fused-ring (bicyclic) bond motifs is 1. The number of aryl methyl sites for hydroxylation is 1. The van der Waals surface area contributed by atoms with Crippen molar-refractivity contribution in [1.29, 1.82) is 0 Å². The fourth-order valence-electron chi connectivity index (χ4n) is 2.80. The van der Waals surface area contributed by atoms with Crippen molar-refractivity contribution in [3.63, 3.8) is 0 Å². The van der Waals surface area contributed by atoms with Crippen LogP contribution in [0.15, 0.2) is 51.9 Å². The van der Waals surface area contributed by atoms with E-state index in [1.54, 1.807) is 31.2 Å². The van der Waals surface area contributed by atoms with E-state index in [0.717, 1.165) is 0 Å². The zero-order valence-electron chi connectivity index (χ0n) is 15.1. The van der Waals surface area contributed by atoms with Crippen molar-refractivity contribution < 1.29 is 22.5 Å². The van der Waals surface area contributed by atoms with Crippen LogP contribution in [-0.4, -0.2) is 31.1 Å². The average Bonchev–Trinajstić information content (AvgIpc) is 3.10. The zero-order valence-corrected chi connectivity index (χ0v) is 16.7. The largest absolute Gasteiger partial charge is 0.482 e. The topological polar surface area (TPSA) is 115 Å². The Labute approximate surface area is 171 Å². The summed E-state index contributed by atoms with van der Waals surface area (Å²) in [5.41, 5.74) is 0.668. The van der Waals surface area contributed by atoms with Gasteiger partial charge in [-0.05, 0) is 42.5 Å². The molecule has 0 saturated heterocycles. The fourth-order valence-corrected chi connectivity index (χ4v) is 4.01. The maximum absolute atomic E-state index is 12.8. The van der Waals surface area contributed by atoms with Crippen molar-refractivity contribution in [2.45, 2.75) is 18.4 Å². The fraction of sp³-hybridized carbons (Fsp3) is 0.167. The van der Waals surface area contributed by atoms with E-state index < -0.39 is 10.0 Å². The molecule has 0 aliphatic carbocycles. The Morgan fingerprint density at radius 2 is 1.97 bits per heavy atom. The molecule has 2 aromatic carbocycles. The van der Waals surface area contributed by atoms with Gasteiger partial charge in [-0.15, -0.1) is 0 Å². The first-order chi connectivity index (χ1) is 13.8. The van der Waals surface area contributed by atoms with Crippen molar-refractivity contribution in [2.75, 3.05) is 16.2 Å². The van der Waals surface area contributed by atoms with Gasteiger partial charge >= 0.3 is 0 Å². The van der Waals surface area contributed by atoms with Crippen LogP contribution in [0.4, 0.5) is 11.4 Å². The maximum atomic E-state index is 12.8. The standard InChI is InChI=1S/C18H15ClN4O5S/c1-11-20-17(21-28-11)9-23-15-8-14(6-7-16(15)27-10-18(23)24)29(25,26)22-13-4-2-12(19)3-5-13/h2-8,22H,9-10H2,1H3. The molecule has 0 unspecified atom stereocenters. The molecule has 1 N–H and O–H groups in total. The third-order valence-electron chi connectivity index (χ3n) is 4.15. The second-order valence-electron chi connectivity index (χ2n) is 6.24. The Kier molecular flexibility index (Phi) is 4.89. The Morgan fingerprint density at radius 3 is 2.66 bits per heavy atom. The first-order valence-corrected chi connectivity index (χ1v) is 10.3. The van der Waals surface area contributed by atoms with Gasteiger partial charge in [0.25, 0.3) is 15.9 Å². The van der Waals surface area contributed by atoms with E-state index in [9.17, 15) is 13.2 Å². The van der Waals surface area contributed by atoms with E-state index in [1.165, 1.54) is 23.1 Å². The molecule has 0 radical (unpaired) electrons. The number of aromatic nitrogens is 2. The van der Waals surface area contributed by atoms with Gasteiger partial charge in [-0.25, -0.2) is 8.42 Å². The second-order valence-corrected chi connectivity index (χ2v) is 8.36. The van der Waals surface area contributed by atoms with E-state index in [2.05, 4.69) is 14.9 Å². The third kappa shape index (κ3) is 4.03. The van der Waals surface area contributed by atoms with Crippen molar-refractivity contribution >= 4 is 38.9 Å². The van der Waals surface area contributed by atoms with Crippen LogP contribution in [0.25, 0.3) is 0 Å². The number of hydrogen-bond acceptors (Lipinski definition) is 7. The normalized spacial score (nSPS) is 13.7. The number of anilines is 2. The molecule has 9 nitrogen and oxygen atoms in total. The molecule has 29 heavy (non-hydrogen) atoms. The van der Waals surface area contributed by atoms with Gasteiger partial charge in [0.15, 0.2) is 12.4 Å². The Hall–Kier alpha value is -3.11. The highest BCUT2D eigenvalue weighted by atomic mass is 35.5. The highest BCUT2D eigenvalue weighted by molar-refractivity contribution is 7.92. The van der Waals surface area contributed by atoms with Crippen LogP contribution < -0.4 is 14.4 Å². The number of nitrogens with zero attached hydrogens (tertiary/aromatic N) is 3. The summed E-state index contributed by atoms with van der Waals surface area (Å²) in [5.74, 6) is 0.705. The molecule has 1 aromatic heterocycles. The van der Waals surface area contributed by atoms with E-state index in [-0.39, 0.29) is 24.0 Å². The number of sulfonamides is 1. The summed E-state index contributed by atoms with van der Waals surface area (Å²) in [7, 11) is -3.91. The van der Waals surface area contributed by atoms with Gasteiger partial charge in [0.1, 0.15) is 5.75 Å². The van der Waals surface area contributed by atoms with Crippen molar-refractivity contribution in [3.05, 3.63) is 59.2 Å². The summed E-state index contributed by atoms with van der Waals surface area (Å²) in [6.07, 6.45) is 0. The summed E-state index contributed by atoms with van der Waals surface area (Å²) in [6.45, 7) is 1.50. The average molecular weight is 435 g/mol. The van der Waals surface area contributed by atoms with Crippen LogP contribution in [0.5, 0.6) is 5.75 Å². The summed E-state index contributed by atoms with van der Waals surface area (Å²) in [4.78, 5) is 17.8. The SMILES string of the molecule is Cc1nc(CN2C(=O)COc3ccc(S(=O)(=O)Nc4ccc(Cl)cc4)cc32)no1. The van der Waals surface area contributed by atoms with Crippen molar-refractivity contribution in [2.24, 2.45) is 0 Å². The lowest BCUT2D eigenvalue weighted by molar-refractivity contribution is -0.121. The third-order valence-corrected chi connectivity index (χ3v) is 5.78. The minimum Gasteiger partial charge on any atom is -0.482 e. The number of hydrogen-bond donors (Lipinski definition) is 1. The Morgan fingerprint density at radius 1 is 1.21 bits per heavy atom. The molecule has 2 heterocycles. The molecule has 0 saturated carbocycles. The monoisotopic (exact) mass is 434 g/mol. The number of benzene rings is 2. The van der Waals surface area contributed by atoms with Crippen molar-refractivity contribution in [1.82, 2.24) is 10.1 Å². The minimum absolute atomic E-state index is 0.0284. The van der Waals surface area contributed by atoms with Crippen LogP contribution in [0.2, 0.25) is 5.02 Å². The molecule has 1 aliphatic rings. The van der Waals surface area contributed by atoms with Gasteiger partial charge in [-0.2, -0.15) is 4.98 Å². The minimum atomic E-state index is -3.91. The highest BCUT2D eigenvalue weighted by Crippen LogP contribution is 2.35. The summed E-state index contributed by atoms with van der Waals surface area (Å²) >= 11 is 5.83. The van der Waals surface area contributed by atoms with Crippen LogP contribution >= 0.6 is 11.6 Å². The number of ether oxygens (including phenoxy) is 1. The second kappa shape index (κ2) is 7.37. The predicted molar refractivity (Wildman–Crippen MR) is 104 cm³/mol. The Balaban J connectivity index is 1.67. The van der Waals surface area contributed by atoms with Gasteiger partial charge in [0.2, 0.25) is 5.89 Å². The number of halogens is 1. The van der Waals surface area contributed by atoms with Crippen LogP contribution in [-0.2, 0) is 21.4 Å². The summed E-state index contributed by atoms with van der Waals surface area (Å²) in [6, 6.07) is 10.5. The smallest absolute Gasteiger partial charge is 0.265 e. The number of carbonyl (C=O) groups excluding carboxylic acids is 1. The molecular weight excluding hydrogens is 420 g/mol. The van der Waals surface area contributed by atoms with Gasteiger partial charge in [0, 0.05) is 17.6 Å². The summed E-state index contributed by atoms with van der Waals surface area (Å²) in [5, 5.41) is 4.28. The molecule has 4 rings (SSSR count). The first-order valence-electron chi connectivity index (χ1n) is 8.46. The lowest BCUT2D eigenvalue weighted by Crippen LogP contribution is -2.38. The zero-order chi connectivity index (χ0) is 20.6. The molecule has 0 atom stereocenters. The molecule has 3 aromatic rings. The maximum Gasteiger partial charge on any atom is 0.265 e. The molecule has 0 spiro atoms. The van der Waals surface area contributed by atoms with Gasteiger partial charge < -0.3 is 9.26 Å². The van der Waals surface area contributed by atoms with E-state index in [4.69, 9.17) is 20.9 Å². The van der Waals surface area contributed by atoms with Gasteiger partial charge in [-0.3, -0.25) is 14.4 Å². The molecule has 0 fully saturated rings. The number of rotatable bonds is 5.